The van der Waals surface area contributed by atoms with Crippen LogP contribution in [0.5, 0.6) is 11.5 Å². The number of esters is 1. The van der Waals surface area contributed by atoms with Crippen molar-refractivity contribution >= 4 is 16.0 Å². The number of hydrogen-bond donors (Lipinski definition) is 1. The van der Waals surface area contributed by atoms with E-state index in [0.29, 0.717) is 17.1 Å². The summed E-state index contributed by atoms with van der Waals surface area (Å²) in [5.41, 5.74) is 6.25. The second-order valence-corrected chi connectivity index (χ2v) is 6.93. The standard InChI is InChI=1S/C14H20N2O6S/c1-3-20-14(17)11(7-15)16(23(2,18)19)8-10-4-5-12-13(6-10)22-9-21-12/h4-6,11H,3,7-9,15H2,1-2H3. The number of nitrogens with zero attached hydrogens (tertiary/aromatic N) is 1. The molecule has 2 N–H and O–H groups in total. The van der Waals surface area contributed by atoms with E-state index in [1.807, 2.05) is 0 Å². The van der Waals surface area contributed by atoms with Gasteiger partial charge in [0.25, 0.3) is 0 Å². The molecule has 0 spiro atoms. The quantitative estimate of drug-likeness (QED) is 0.697. The zero-order valence-electron chi connectivity index (χ0n) is 13.0. The highest BCUT2D eigenvalue weighted by atomic mass is 32.2. The molecule has 1 aliphatic heterocycles. The first-order valence-corrected chi connectivity index (χ1v) is 8.93. The monoisotopic (exact) mass is 344 g/mol. The lowest BCUT2D eigenvalue weighted by molar-refractivity contribution is -0.147. The minimum atomic E-state index is -3.67. The van der Waals surface area contributed by atoms with Crippen molar-refractivity contribution in [1.29, 1.82) is 0 Å². The molecular weight excluding hydrogens is 324 g/mol. The van der Waals surface area contributed by atoms with Gasteiger partial charge in [0.2, 0.25) is 16.8 Å². The molecule has 2 rings (SSSR count). The molecule has 1 aromatic rings. The summed E-state index contributed by atoms with van der Waals surface area (Å²) in [6.07, 6.45) is 1.03. The van der Waals surface area contributed by atoms with Crippen LogP contribution in [0.4, 0.5) is 0 Å². The van der Waals surface area contributed by atoms with Gasteiger partial charge in [0, 0.05) is 13.1 Å². The lowest BCUT2D eigenvalue weighted by Gasteiger charge is -2.27. The van der Waals surface area contributed by atoms with E-state index in [9.17, 15) is 13.2 Å². The van der Waals surface area contributed by atoms with Crippen molar-refractivity contribution in [2.24, 2.45) is 5.73 Å². The molecule has 1 aliphatic rings. The first-order chi connectivity index (χ1) is 10.9. The lowest BCUT2D eigenvalue weighted by atomic mass is 10.2. The van der Waals surface area contributed by atoms with E-state index in [-0.39, 0.29) is 26.5 Å². The van der Waals surface area contributed by atoms with Crippen molar-refractivity contribution in [3.8, 4) is 11.5 Å². The lowest BCUT2D eigenvalue weighted by Crippen LogP contribution is -2.49. The van der Waals surface area contributed by atoms with Gasteiger partial charge in [-0.2, -0.15) is 4.31 Å². The second-order valence-electron chi connectivity index (χ2n) is 5.00. The molecule has 0 bridgehead atoms. The predicted molar refractivity (Wildman–Crippen MR) is 82.4 cm³/mol. The van der Waals surface area contributed by atoms with E-state index in [4.69, 9.17) is 19.9 Å². The number of carbonyl (C=O) groups is 1. The summed E-state index contributed by atoms with van der Waals surface area (Å²) in [6.45, 7) is 1.74. The van der Waals surface area contributed by atoms with Gasteiger partial charge in [0.05, 0.1) is 12.9 Å². The zero-order valence-corrected chi connectivity index (χ0v) is 13.8. The molecule has 0 aliphatic carbocycles. The van der Waals surface area contributed by atoms with E-state index in [0.717, 1.165) is 10.6 Å². The minimum absolute atomic E-state index is 0.0177. The van der Waals surface area contributed by atoms with Gasteiger partial charge in [0.15, 0.2) is 11.5 Å². The molecule has 0 aromatic heterocycles. The van der Waals surface area contributed by atoms with Crippen molar-refractivity contribution < 1.29 is 27.4 Å². The molecule has 1 atom stereocenters. The number of hydrogen-bond acceptors (Lipinski definition) is 7. The van der Waals surface area contributed by atoms with Gasteiger partial charge < -0.3 is 19.9 Å². The molecule has 1 unspecified atom stereocenters. The predicted octanol–water partition coefficient (Wildman–Crippen LogP) is 0.0673. The highest BCUT2D eigenvalue weighted by Gasteiger charge is 2.32. The van der Waals surface area contributed by atoms with E-state index >= 15 is 0 Å². The fourth-order valence-electron chi connectivity index (χ4n) is 2.25. The molecular formula is C14H20N2O6S. The Labute approximate surface area is 135 Å². The van der Waals surface area contributed by atoms with Gasteiger partial charge in [-0.15, -0.1) is 0 Å². The number of nitrogens with two attached hydrogens (primary N) is 1. The number of rotatable bonds is 7. The fraction of sp³-hybridized carbons (Fsp3) is 0.500. The average Bonchev–Trinajstić information content (AvgIpc) is 2.94. The van der Waals surface area contributed by atoms with Gasteiger partial charge in [-0.3, -0.25) is 4.79 Å². The molecule has 0 fully saturated rings. The van der Waals surface area contributed by atoms with Crippen molar-refractivity contribution in [2.45, 2.75) is 19.5 Å². The third-order valence-electron chi connectivity index (χ3n) is 3.33. The summed E-state index contributed by atoms with van der Waals surface area (Å²) < 4.78 is 40.6. The van der Waals surface area contributed by atoms with Crippen LogP contribution in [0, 0.1) is 0 Å². The van der Waals surface area contributed by atoms with E-state index in [2.05, 4.69) is 0 Å². The summed E-state index contributed by atoms with van der Waals surface area (Å²) >= 11 is 0. The van der Waals surface area contributed by atoms with Crippen LogP contribution in [0.1, 0.15) is 12.5 Å². The molecule has 1 heterocycles. The van der Waals surface area contributed by atoms with Crippen LogP contribution in [-0.2, 0) is 26.1 Å². The Morgan fingerprint density at radius 2 is 2.09 bits per heavy atom. The Hall–Kier alpha value is -1.84. The Bertz CT molecular complexity index is 676. The van der Waals surface area contributed by atoms with Crippen molar-refractivity contribution in [3.63, 3.8) is 0 Å². The Balaban J connectivity index is 2.27. The molecule has 8 nitrogen and oxygen atoms in total. The highest BCUT2D eigenvalue weighted by Crippen LogP contribution is 2.33. The van der Waals surface area contributed by atoms with E-state index < -0.39 is 22.0 Å². The molecule has 0 saturated heterocycles. The third kappa shape index (κ3) is 4.12. The van der Waals surface area contributed by atoms with E-state index in [1.54, 1.807) is 25.1 Å². The van der Waals surface area contributed by atoms with Crippen LogP contribution in [-0.4, -0.2) is 50.9 Å². The smallest absolute Gasteiger partial charge is 0.325 e. The number of ether oxygens (including phenoxy) is 3. The topological polar surface area (TPSA) is 108 Å². The maximum Gasteiger partial charge on any atom is 0.325 e. The highest BCUT2D eigenvalue weighted by molar-refractivity contribution is 7.88. The van der Waals surface area contributed by atoms with Gasteiger partial charge in [-0.25, -0.2) is 8.42 Å². The van der Waals surface area contributed by atoms with Crippen LogP contribution in [0.25, 0.3) is 0 Å². The first-order valence-electron chi connectivity index (χ1n) is 7.08. The van der Waals surface area contributed by atoms with Gasteiger partial charge in [-0.1, -0.05) is 6.07 Å². The number of sulfonamides is 1. The van der Waals surface area contributed by atoms with Gasteiger partial charge in [-0.05, 0) is 24.6 Å². The summed E-state index contributed by atoms with van der Waals surface area (Å²) in [5.74, 6) is 0.470. The minimum Gasteiger partial charge on any atom is -0.465 e. The summed E-state index contributed by atoms with van der Waals surface area (Å²) in [5, 5.41) is 0. The largest absolute Gasteiger partial charge is 0.465 e. The van der Waals surface area contributed by atoms with Crippen molar-refractivity contribution in [3.05, 3.63) is 23.8 Å². The maximum atomic E-state index is 12.1. The molecule has 23 heavy (non-hydrogen) atoms. The molecule has 128 valence electrons. The number of carbonyl (C=O) groups excluding carboxylic acids is 1. The number of fused-ring (bicyclic) bond motifs is 1. The zero-order chi connectivity index (χ0) is 17.0. The Kier molecular flexibility index (Phi) is 5.45. The van der Waals surface area contributed by atoms with E-state index in [1.165, 1.54) is 0 Å². The normalized spacial score (nSPS) is 14.8. The summed E-state index contributed by atoms with van der Waals surface area (Å²) in [4.78, 5) is 12.0. The van der Waals surface area contributed by atoms with Crippen LogP contribution in [0.2, 0.25) is 0 Å². The Morgan fingerprint density at radius 1 is 1.39 bits per heavy atom. The number of benzene rings is 1. The molecule has 9 heteroatoms. The Morgan fingerprint density at radius 3 is 2.70 bits per heavy atom. The molecule has 0 radical (unpaired) electrons. The first kappa shape index (κ1) is 17.5. The molecule has 0 amide bonds. The van der Waals surface area contributed by atoms with Crippen LogP contribution in [0.15, 0.2) is 18.2 Å². The van der Waals surface area contributed by atoms with Gasteiger partial charge >= 0.3 is 5.97 Å². The average molecular weight is 344 g/mol. The third-order valence-corrected chi connectivity index (χ3v) is 4.57. The van der Waals surface area contributed by atoms with Crippen LogP contribution in [0.3, 0.4) is 0 Å². The second kappa shape index (κ2) is 7.16. The van der Waals surface area contributed by atoms with Crippen molar-refractivity contribution in [1.82, 2.24) is 4.31 Å². The van der Waals surface area contributed by atoms with Crippen molar-refractivity contribution in [2.75, 3.05) is 26.2 Å². The fourth-order valence-corrected chi connectivity index (χ4v) is 3.27. The van der Waals surface area contributed by atoms with Crippen LogP contribution < -0.4 is 15.2 Å². The summed E-state index contributed by atoms with van der Waals surface area (Å²) in [7, 11) is -3.67. The summed E-state index contributed by atoms with van der Waals surface area (Å²) in [6, 6.07) is 4.01. The molecule has 0 saturated carbocycles. The maximum absolute atomic E-state index is 12.1. The molecule has 1 aromatic carbocycles. The SMILES string of the molecule is CCOC(=O)C(CN)N(Cc1ccc2c(c1)OCO2)S(C)(=O)=O. The van der Waals surface area contributed by atoms with Crippen LogP contribution >= 0.6 is 0 Å². The van der Waals surface area contributed by atoms with Gasteiger partial charge in [0.1, 0.15) is 6.04 Å².